The van der Waals surface area contributed by atoms with E-state index in [1.807, 2.05) is 6.07 Å². The van der Waals surface area contributed by atoms with Gasteiger partial charge in [0.25, 0.3) is 0 Å². The predicted octanol–water partition coefficient (Wildman–Crippen LogP) is 4.11. The number of aromatic nitrogens is 2. The summed E-state index contributed by atoms with van der Waals surface area (Å²) in [5.41, 5.74) is 1.15. The van der Waals surface area contributed by atoms with Gasteiger partial charge in [-0.15, -0.1) is 0 Å². The van der Waals surface area contributed by atoms with Gasteiger partial charge in [0.1, 0.15) is 0 Å². The monoisotopic (exact) mass is 343 g/mol. The van der Waals surface area contributed by atoms with E-state index >= 15 is 0 Å². The number of hydrogen-bond donors (Lipinski definition) is 0. The van der Waals surface area contributed by atoms with Gasteiger partial charge in [-0.1, -0.05) is 56.3 Å². The zero-order valence-corrected chi connectivity index (χ0v) is 15.7. The maximum atomic E-state index is 6.07. The van der Waals surface area contributed by atoms with Crippen molar-refractivity contribution in [2.24, 2.45) is 0 Å². The molecule has 1 aliphatic heterocycles. The molecule has 1 atom stereocenters. The minimum Gasteiger partial charge on any atom is -0.373 e. The number of nitrogens with zero attached hydrogens (tertiary/aromatic N) is 3. The summed E-state index contributed by atoms with van der Waals surface area (Å²) in [6.45, 7) is 11.1. The van der Waals surface area contributed by atoms with E-state index in [9.17, 15) is 0 Å². The zero-order chi connectivity index (χ0) is 17.9. The highest BCUT2D eigenvalue weighted by molar-refractivity contribution is 5.13. The summed E-state index contributed by atoms with van der Waals surface area (Å²) >= 11 is 0. The van der Waals surface area contributed by atoms with E-state index in [-0.39, 0.29) is 11.5 Å². The minimum atomic E-state index is -0.0836. The van der Waals surface area contributed by atoms with Crippen LogP contribution in [0, 0.1) is 0 Å². The number of benzene rings is 1. The molecule has 0 radical (unpaired) electrons. The lowest BCUT2D eigenvalue weighted by molar-refractivity contribution is -0.0124. The topological polar surface area (TPSA) is 51.4 Å². The van der Waals surface area contributed by atoms with E-state index < -0.39 is 0 Å². The highest BCUT2D eigenvalue weighted by Crippen LogP contribution is 2.27. The van der Waals surface area contributed by atoms with Gasteiger partial charge in [-0.3, -0.25) is 4.90 Å². The predicted molar refractivity (Wildman–Crippen MR) is 97.2 cm³/mol. The summed E-state index contributed by atoms with van der Waals surface area (Å²) < 4.78 is 11.6. The second kappa shape index (κ2) is 7.67. The van der Waals surface area contributed by atoms with E-state index in [2.05, 4.69) is 67.0 Å². The lowest BCUT2D eigenvalue weighted by atomic mass is 9.96. The summed E-state index contributed by atoms with van der Waals surface area (Å²) in [7, 11) is 0. The number of likely N-dealkylation sites (tertiary alicyclic amines) is 1. The molecule has 2 aromatic rings. The van der Waals surface area contributed by atoms with Crippen molar-refractivity contribution in [2.45, 2.75) is 64.7 Å². The molecule has 5 heteroatoms. The molecule has 0 spiro atoms. The Bertz CT molecular complexity index is 655. The van der Waals surface area contributed by atoms with Gasteiger partial charge in [-0.2, -0.15) is 4.98 Å². The lowest BCUT2D eigenvalue weighted by Crippen LogP contribution is -2.38. The Balaban J connectivity index is 1.49. The van der Waals surface area contributed by atoms with Gasteiger partial charge in [0.15, 0.2) is 5.82 Å². The average molecular weight is 343 g/mol. The Hall–Kier alpha value is -1.72. The quantitative estimate of drug-likeness (QED) is 0.818. The van der Waals surface area contributed by atoms with Gasteiger partial charge in [-0.25, -0.2) is 0 Å². The molecule has 1 aliphatic rings. The number of piperidine rings is 1. The van der Waals surface area contributed by atoms with E-state index in [1.54, 1.807) is 0 Å². The van der Waals surface area contributed by atoms with E-state index in [0.29, 0.717) is 18.6 Å². The van der Waals surface area contributed by atoms with Crippen molar-refractivity contribution in [2.75, 3.05) is 13.1 Å². The third-order valence-electron chi connectivity index (χ3n) is 4.82. The normalized spacial score (nSPS) is 18.4. The van der Waals surface area contributed by atoms with Crippen molar-refractivity contribution in [1.82, 2.24) is 15.0 Å². The second-order valence-corrected chi connectivity index (χ2v) is 7.91. The Morgan fingerprint density at radius 3 is 2.48 bits per heavy atom. The Kier molecular flexibility index (Phi) is 5.54. The van der Waals surface area contributed by atoms with Crippen molar-refractivity contribution < 1.29 is 9.26 Å². The largest absolute Gasteiger partial charge is 0.373 e. The molecule has 25 heavy (non-hydrogen) atoms. The fraction of sp³-hybridized carbons (Fsp3) is 0.600. The molecule has 2 heterocycles. The lowest BCUT2D eigenvalue weighted by Gasteiger charge is -2.34. The smallest absolute Gasteiger partial charge is 0.243 e. The number of rotatable bonds is 5. The Morgan fingerprint density at radius 2 is 1.88 bits per heavy atom. The fourth-order valence-corrected chi connectivity index (χ4v) is 3.08. The third-order valence-corrected chi connectivity index (χ3v) is 4.82. The molecule has 0 amide bonds. The molecule has 1 unspecified atom stereocenters. The molecule has 1 aromatic carbocycles. The minimum absolute atomic E-state index is 0.0836. The van der Waals surface area contributed by atoms with Crippen LogP contribution in [0.4, 0.5) is 0 Å². The zero-order valence-electron chi connectivity index (χ0n) is 15.7. The molecule has 5 nitrogen and oxygen atoms in total. The first-order valence-corrected chi connectivity index (χ1v) is 9.17. The molecule has 136 valence electrons. The second-order valence-electron chi connectivity index (χ2n) is 7.91. The van der Waals surface area contributed by atoms with Crippen LogP contribution in [-0.2, 0) is 16.8 Å². The molecule has 3 rings (SSSR count). The van der Waals surface area contributed by atoms with Gasteiger partial charge in [0, 0.05) is 18.5 Å². The van der Waals surface area contributed by atoms with Crippen LogP contribution in [0.2, 0.25) is 0 Å². The van der Waals surface area contributed by atoms with E-state index in [1.165, 1.54) is 5.56 Å². The maximum absolute atomic E-state index is 6.07. The first kappa shape index (κ1) is 18.1. The first-order valence-electron chi connectivity index (χ1n) is 9.17. The van der Waals surface area contributed by atoms with Crippen molar-refractivity contribution in [1.29, 1.82) is 0 Å². The standard InChI is InChI=1S/C20H29N3O2/c1-15(18-21-19(22-25-18)20(2,3)4)23-12-10-17(11-13-23)24-14-16-8-6-5-7-9-16/h5-9,15,17H,10-14H2,1-4H3. The summed E-state index contributed by atoms with van der Waals surface area (Å²) in [5.74, 6) is 1.49. The molecular formula is C20H29N3O2. The van der Waals surface area contributed by atoms with Gasteiger partial charge in [0.05, 0.1) is 18.8 Å². The highest BCUT2D eigenvalue weighted by Gasteiger charge is 2.29. The van der Waals surface area contributed by atoms with Crippen LogP contribution in [0.25, 0.3) is 0 Å². The molecule has 0 bridgehead atoms. The van der Waals surface area contributed by atoms with Gasteiger partial charge in [0.2, 0.25) is 5.89 Å². The SMILES string of the molecule is CC(c1nc(C(C)(C)C)no1)N1CCC(OCc2ccccc2)CC1. The molecular weight excluding hydrogens is 314 g/mol. The van der Waals surface area contributed by atoms with Crippen molar-refractivity contribution in [3.8, 4) is 0 Å². The molecule has 0 N–H and O–H groups in total. The van der Waals surface area contributed by atoms with E-state index in [4.69, 9.17) is 9.26 Å². The van der Waals surface area contributed by atoms with Gasteiger partial charge in [-0.05, 0) is 25.3 Å². The van der Waals surface area contributed by atoms with E-state index in [0.717, 1.165) is 31.8 Å². The Labute approximate surface area is 150 Å². The maximum Gasteiger partial charge on any atom is 0.243 e. The van der Waals surface area contributed by atoms with Crippen LogP contribution in [0.3, 0.4) is 0 Å². The third kappa shape index (κ3) is 4.67. The van der Waals surface area contributed by atoms with Crippen molar-refractivity contribution in [3.05, 3.63) is 47.6 Å². The summed E-state index contributed by atoms with van der Waals surface area (Å²) in [6, 6.07) is 10.5. The summed E-state index contributed by atoms with van der Waals surface area (Å²) in [6.07, 6.45) is 2.41. The number of ether oxygens (including phenoxy) is 1. The highest BCUT2D eigenvalue weighted by atomic mass is 16.5. The van der Waals surface area contributed by atoms with Crippen LogP contribution >= 0.6 is 0 Å². The fourth-order valence-electron chi connectivity index (χ4n) is 3.08. The number of hydrogen-bond acceptors (Lipinski definition) is 5. The molecule has 1 saturated heterocycles. The summed E-state index contributed by atoms with van der Waals surface area (Å²) in [4.78, 5) is 7.01. The molecule has 1 fully saturated rings. The molecule has 1 aromatic heterocycles. The van der Waals surface area contributed by atoms with Crippen molar-refractivity contribution in [3.63, 3.8) is 0 Å². The van der Waals surface area contributed by atoms with Gasteiger partial charge >= 0.3 is 0 Å². The van der Waals surface area contributed by atoms with Crippen LogP contribution in [-0.4, -0.2) is 34.2 Å². The van der Waals surface area contributed by atoms with Crippen LogP contribution in [0.1, 0.15) is 63.9 Å². The van der Waals surface area contributed by atoms with Gasteiger partial charge < -0.3 is 9.26 Å². The van der Waals surface area contributed by atoms with Crippen LogP contribution < -0.4 is 0 Å². The molecule has 0 aliphatic carbocycles. The average Bonchev–Trinajstić information content (AvgIpc) is 3.11. The molecule has 0 saturated carbocycles. The van der Waals surface area contributed by atoms with Crippen LogP contribution in [0.5, 0.6) is 0 Å². The van der Waals surface area contributed by atoms with Crippen LogP contribution in [0.15, 0.2) is 34.9 Å². The summed E-state index contributed by atoms with van der Waals surface area (Å²) in [5, 5.41) is 4.14. The first-order chi connectivity index (χ1) is 11.9. The Morgan fingerprint density at radius 1 is 1.20 bits per heavy atom. The van der Waals surface area contributed by atoms with Crippen molar-refractivity contribution >= 4 is 0 Å².